The summed E-state index contributed by atoms with van der Waals surface area (Å²) in [5, 5.41) is 2.47. The van der Waals surface area contributed by atoms with Crippen molar-refractivity contribution in [1.82, 2.24) is 0 Å². The summed E-state index contributed by atoms with van der Waals surface area (Å²) in [6.45, 7) is 3.87. The van der Waals surface area contributed by atoms with E-state index in [9.17, 15) is 4.79 Å². The molecule has 112 valence electrons. The number of carbonyl (C=O) groups is 1. The number of esters is 1. The normalized spacial score (nSPS) is 27.8. The first-order valence-electron chi connectivity index (χ1n) is 7.66. The Morgan fingerprint density at radius 3 is 2.82 bits per heavy atom. The molecule has 1 heterocycles. The molecule has 3 heteroatoms. The summed E-state index contributed by atoms with van der Waals surface area (Å²) in [7, 11) is 0. The highest BCUT2D eigenvalue weighted by atomic mass is 79.9. The molecule has 0 radical (unpaired) electrons. The molecule has 2 atom stereocenters. The molecule has 22 heavy (non-hydrogen) atoms. The fourth-order valence-electron chi connectivity index (χ4n) is 3.83. The molecular weight excluding hydrogens is 340 g/mol. The van der Waals surface area contributed by atoms with E-state index in [-0.39, 0.29) is 10.8 Å². The van der Waals surface area contributed by atoms with Gasteiger partial charge in [-0.1, -0.05) is 58.9 Å². The Kier molecular flexibility index (Phi) is 3.15. The van der Waals surface area contributed by atoms with Crippen molar-refractivity contribution in [1.29, 1.82) is 0 Å². The molecule has 2 aromatic carbocycles. The molecule has 1 aliphatic carbocycles. The fourth-order valence-corrected chi connectivity index (χ4v) is 4.86. The lowest BCUT2D eigenvalue weighted by Crippen LogP contribution is -2.32. The highest BCUT2D eigenvalue weighted by Crippen LogP contribution is 2.52. The van der Waals surface area contributed by atoms with Crippen LogP contribution in [0.5, 0.6) is 0 Å². The van der Waals surface area contributed by atoms with Crippen LogP contribution in [0.15, 0.2) is 48.6 Å². The van der Waals surface area contributed by atoms with E-state index in [2.05, 4.69) is 58.9 Å². The Morgan fingerprint density at radius 1 is 1.23 bits per heavy atom. The van der Waals surface area contributed by atoms with E-state index in [1.165, 1.54) is 21.9 Å². The zero-order valence-electron chi connectivity index (χ0n) is 12.3. The second-order valence-electron chi connectivity index (χ2n) is 6.31. The number of carbonyl (C=O) groups excluding carboxylic acids is 1. The van der Waals surface area contributed by atoms with Gasteiger partial charge in [0.15, 0.2) is 0 Å². The number of hydrogen-bond donors (Lipinski definition) is 0. The first-order valence-corrected chi connectivity index (χ1v) is 8.58. The maximum atomic E-state index is 11.9. The van der Waals surface area contributed by atoms with E-state index < -0.39 is 5.60 Å². The maximum absolute atomic E-state index is 11.9. The molecule has 0 aromatic heterocycles. The third-order valence-corrected chi connectivity index (χ3v) is 6.21. The largest absolute Gasteiger partial charge is 0.454 e. The summed E-state index contributed by atoms with van der Waals surface area (Å²) < 4.78 is 5.81. The van der Waals surface area contributed by atoms with E-state index in [0.717, 1.165) is 19.3 Å². The van der Waals surface area contributed by atoms with Gasteiger partial charge in [0.25, 0.3) is 0 Å². The van der Waals surface area contributed by atoms with Gasteiger partial charge in [-0.2, -0.15) is 0 Å². The van der Waals surface area contributed by atoms with Crippen LogP contribution in [0.4, 0.5) is 0 Å². The summed E-state index contributed by atoms with van der Waals surface area (Å²) >= 11 is 3.88. The minimum Gasteiger partial charge on any atom is -0.454 e. The fraction of sp³-hybridized carbons (Fsp3) is 0.316. The molecule has 2 aliphatic rings. The van der Waals surface area contributed by atoms with Crippen molar-refractivity contribution in [3.8, 4) is 0 Å². The van der Waals surface area contributed by atoms with Crippen molar-refractivity contribution in [3.63, 3.8) is 0 Å². The minimum atomic E-state index is -0.483. The van der Waals surface area contributed by atoms with Crippen molar-refractivity contribution in [2.45, 2.75) is 36.1 Å². The number of aryl methyl sites for hydroxylation is 1. The van der Waals surface area contributed by atoms with Gasteiger partial charge < -0.3 is 4.74 Å². The number of benzene rings is 2. The van der Waals surface area contributed by atoms with Crippen molar-refractivity contribution >= 4 is 32.7 Å². The topological polar surface area (TPSA) is 26.3 Å². The lowest BCUT2D eigenvalue weighted by Gasteiger charge is -2.32. The summed E-state index contributed by atoms with van der Waals surface area (Å²) in [5.41, 5.74) is 2.74. The minimum absolute atomic E-state index is 0.00630. The molecule has 0 N–H and O–H groups in total. The predicted molar refractivity (Wildman–Crippen MR) is 91.1 cm³/mol. The molecular formula is C19H17BrO2. The second-order valence-corrected chi connectivity index (χ2v) is 7.23. The van der Waals surface area contributed by atoms with E-state index >= 15 is 0 Å². The number of alkyl halides is 1. The van der Waals surface area contributed by atoms with Gasteiger partial charge in [-0.25, -0.2) is 4.79 Å². The van der Waals surface area contributed by atoms with Crippen LogP contribution in [0, 0.1) is 0 Å². The van der Waals surface area contributed by atoms with E-state index in [1.54, 1.807) is 0 Å². The molecule has 0 amide bonds. The zero-order chi connectivity index (χ0) is 15.3. The van der Waals surface area contributed by atoms with E-state index in [1.807, 2.05) is 0 Å². The van der Waals surface area contributed by atoms with Gasteiger partial charge in [0.1, 0.15) is 5.60 Å². The standard InChI is InChI=1S/C19H17BrO2/c1-12-11-19(22-18(12)21)10-4-6-14-9-8-13-5-2-3-7-15(13)16(14)17(19)20/h2-3,5,7-9,17H,1,4,6,10-11H2/t17-,19+/m1/s1. The number of rotatable bonds is 0. The Bertz CT molecular complexity index is 777. The molecule has 1 aliphatic heterocycles. The summed E-state index contributed by atoms with van der Waals surface area (Å²) in [4.78, 5) is 11.9. The Labute approximate surface area is 138 Å². The first-order chi connectivity index (χ1) is 10.6. The van der Waals surface area contributed by atoms with Gasteiger partial charge in [0.05, 0.1) is 4.83 Å². The second kappa shape index (κ2) is 4.95. The molecule has 1 spiro atoms. The quantitative estimate of drug-likeness (QED) is 0.383. The van der Waals surface area contributed by atoms with E-state index in [4.69, 9.17) is 4.74 Å². The molecule has 0 bridgehead atoms. The van der Waals surface area contributed by atoms with Crippen LogP contribution in [-0.4, -0.2) is 11.6 Å². The molecule has 0 unspecified atom stereocenters. The Balaban J connectivity index is 1.93. The lowest BCUT2D eigenvalue weighted by atomic mass is 9.86. The highest BCUT2D eigenvalue weighted by Gasteiger charge is 2.49. The number of halogens is 1. The number of hydrogen-bond acceptors (Lipinski definition) is 2. The van der Waals surface area contributed by atoms with Crippen LogP contribution in [0.3, 0.4) is 0 Å². The van der Waals surface area contributed by atoms with Crippen LogP contribution in [0.1, 0.15) is 35.2 Å². The van der Waals surface area contributed by atoms with Crippen molar-refractivity contribution in [3.05, 3.63) is 59.7 Å². The van der Waals surface area contributed by atoms with Gasteiger partial charge in [-0.3, -0.25) is 0 Å². The highest BCUT2D eigenvalue weighted by molar-refractivity contribution is 9.09. The van der Waals surface area contributed by atoms with Crippen LogP contribution in [0.2, 0.25) is 0 Å². The van der Waals surface area contributed by atoms with Gasteiger partial charge in [0, 0.05) is 12.0 Å². The first kappa shape index (κ1) is 14.0. The zero-order valence-corrected chi connectivity index (χ0v) is 13.9. The molecule has 2 aromatic rings. The van der Waals surface area contributed by atoms with Crippen LogP contribution in [0.25, 0.3) is 10.8 Å². The van der Waals surface area contributed by atoms with Crippen LogP contribution < -0.4 is 0 Å². The van der Waals surface area contributed by atoms with Gasteiger partial charge in [-0.15, -0.1) is 0 Å². The average molecular weight is 357 g/mol. The smallest absolute Gasteiger partial charge is 0.334 e. The predicted octanol–water partition coefficient (Wildman–Crippen LogP) is 4.85. The molecule has 1 saturated heterocycles. The molecule has 2 nitrogen and oxygen atoms in total. The average Bonchev–Trinajstić information content (AvgIpc) is 2.74. The van der Waals surface area contributed by atoms with E-state index in [0.29, 0.717) is 12.0 Å². The Morgan fingerprint density at radius 2 is 2.05 bits per heavy atom. The molecule has 4 rings (SSSR count). The van der Waals surface area contributed by atoms with Gasteiger partial charge in [0.2, 0.25) is 0 Å². The monoisotopic (exact) mass is 356 g/mol. The summed E-state index contributed by atoms with van der Waals surface area (Å²) in [5.74, 6) is -0.242. The van der Waals surface area contributed by atoms with Crippen molar-refractivity contribution in [2.75, 3.05) is 0 Å². The number of ether oxygens (including phenoxy) is 1. The van der Waals surface area contributed by atoms with Gasteiger partial charge >= 0.3 is 5.97 Å². The molecule has 1 fully saturated rings. The number of fused-ring (bicyclic) bond motifs is 3. The summed E-state index contributed by atoms with van der Waals surface area (Å²) in [6.07, 6.45) is 3.53. The third-order valence-electron chi connectivity index (χ3n) is 4.92. The van der Waals surface area contributed by atoms with Crippen LogP contribution >= 0.6 is 15.9 Å². The lowest BCUT2D eigenvalue weighted by molar-refractivity contribution is -0.146. The molecule has 0 saturated carbocycles. The third kappa shape index (κ3) is 1.95. The van der Waals surface area contributed by atoms with Crippen molar-refractivity contribution in [2.24, 2.45) is 0 Å². The SMILES string of the molecule is C=C1C[C@]2(CCCc3ccc4ccccc4c3[C@H]2Br)OC1=O. The maximum Gasteiger partial charge on any atom is 0.334 e. The Hall–Kier alpha value is -1.61. The van der Waals surface area contributed by atoms with Crippen molar-refractivity contribution < 1.29 is 9.53 Å². The van der Waals surface area contributed by atoms with Gasteiger partial charge in [-0.05, 0) is 41.2 Å². The van der Waals surface area contributed by atoms with Crippen LogP contribution in [-0.2, 0) is 16.0 Å². The summed E-state index contributed by atoms with van der Waals surface area (Å²) in [6, 6.07) is 12.8.